The minimum atomic E-state index is -1.03. The summed E-state index contributed by atoms with van der Waals surface area (Å²) in [5.41, 5.74) is -0.734. The van der Waals surface area contributed by atoms with Crippen LogP contribution in [-0.2, 0) is 9.53 Å². The fourth-order valence-electron chi connectivity index (χ4n) is 3.30. The SMILES string of the molecule is COC(=O)C1(NC(=O)c2ccc(=O)n(-c3ccccc3)n2)CCCCC1. The molecule has 1 aromatic carbocycles. The van der Waals surface area contributed by atoms with E-state index in [1.807, 2.05) is 6.07 Å². The predicted octanol–water partition coefficient (Wildman–Crippen LogP) is 1.84. The number of amides is 1. The number of aromatic nitrogens is 2. The second-order valence-corrected chi connectivity index (χ2v) is 6.39. The summed E-state index contributed by atoms with van der Waals surface area (Å²) in [6.45, 7) is 0. The van der Waals surface area contributed by atoms with E-state index in [0.29, 0.717) is 18.5 Å². The second kappa shape index (κ2) is 7.51. The van der Waals surface area contributed by atoms with Gasteiger partial charge in [0.2, 0.25) is 0 Å². The lowest BCUT2D eigenvalue weighted by molar-refractivity contribution is -0.149. The Morgan fingerprint density at radius 2 is 1.77 bits per heavy atom. The zero-order valence-corrected chi connectivity index (χ0v) is 14.6. The number of benzene rings is 1. The molecule has 136 valence electrons. The first kappa shape index (κ1) is 17.8. The van der Waals surface area contributed by atoms with Crippen LogP contribution < -0.4 is 10.9 Å². The molecule has 26 heavy (non-hydrogen) atoms. The predicted molar refractivity (Wildman–Crippen MR) is 95.1 cm³/mol. The fraction of sp³-hybridized carbons (Fsp3) is 0.368. The maximum Gasteiger partial charge on any atom is 0.331 e. The summed E-state index contributed by atoms with van der Waals surface area (Å²) in [4.78, 5) is 37.1. The van der Waals surface area contributed by atoms with Gasteiger partial charge in [-0.3, -0.25) is 9.59 Å². The number of nitrogens with zero attached hydrogens (tertiary/aromatic N) is 2. The van der Waals surface area contributed by atoms with Gasteiger partial charge in [0, 0.05) is 6.07 Å². The molecule has 0 spiro atoms. The molecule has 2 aromatic rings. The highest BCUT2D eigenvalue weighted by atomic mass is 16.5. The van der Waals surface area contributed by atoms with Gasteiger partial charge in [0.15, 0.2) is 0 Å². The third-order valence-corrected chi connectivity index (χ3v) is 4.67. The lowest BCUT2D eigenvalue weighted by atomic mass is 9.81. The molecular weight excluding hydrogens is 334 g/mol. The van der Waals surface area contributed by atoms with Gasteiger partial charge in [-0.1, -0.05) is 37.5 Å². The van der Waals surface area contributed by atoms with Crippen molar-refractivity contribution in [1.82, 2.24) is 15.1 Å². The average molecular weight is 355 g/mol. The second-order valence-electron chi connectivity index (χ2n) is 6.39. The molecule has 1 heterocycles. The van der Waals surface area contributed by atoms with Gasteiger partial charge in [-0.15, -0.1) is 0 Å². The molecule has 0 saturated heterocycles. The van der Waals surface area contributed by atoms with Crippen molar-refractivity contribution in [2.75, 3.05) is 7.11 Å². The number of hydrogen-bond acceptors (Lipinski definition) is 5. The first-order valence-corrected chi connectivity index (χ1v) is 8.62. The third-order valence-electron chi connectivity index (χ3n) is 4.67. The van der Waals surface area contributed by atoms with Crippen LogP contribution in [0.5, 0.6) is 0 Å². The minimum Gasteiger partial charge on any atom is -0.467 e. The Labute approximate surface area is 151 Å². The number of carbonyl (C=O) groups excluding carboxylic acids is 2. The highest BCUT2D eigenvalue weighted by Crippen LogP contribution is 2.29. The smallest absolute Gasteiger partial charge is 0.331 e. The molecular formula is C19H21N3O4. The molecule has 1 aromatic heterocycles. The summed E-state index contributed by atoms with van der Waals surface area (Å²) in [6, 6.07) is 11.5. The molecule has 3 rings (SSSR count). The zero-order chi connectivity index (χ0) is 18.6. The van der Waals surface area contributed by atoms with Crippen molar-refractivity contribution >= 4 is 11.9 Å². The van der Waals surface area contributed by atoms with Gasteiger partial charge in [-0.05, 0) is 31.0 Å². The molecule has 0 bridgehead atoms. The average Bonchev–Trinajstić information content (AvgIpc) is 2.69. The quantitative estimate of drug-likeness (QED) is 0.845. The van der Waals surface area contributed by atoms with E-state index in [1.54, 1.807) is 24.3 Å². The summed E-state index contributed by atoms with van der Waals surface area (Å²) in [5, 5.41) is 6.97. The molecule has 1 N–H and O–H groups in total. The number of methoxy groups -OCH3 is 1. The zero-order valence-electron chi connectivity index (χ0n) is 14.6. The van der Waals surface area contributed by atoms with E-state index < -0.39 is 17.4 Å². The lowest BCUT2D eigenvalue weighted by Crippen LogP contribution is -2.56. The largest absolute Gasteiger partial charge is 0.467 e. The Morgan fingerprint density at radius 3 is 2.42 bits per heavy atom. The Bertz CT molecular complexity index is 855. The van der Waals surface area contributed by atoms with Crippen molar-refractivity contribution in [3.63, 3.8) is 0 Å². The molecule has 0 atom stereocenters. The van der Waals surface area contributed by atoms with Gasteiger partial charge in [0.05, 0.1) is 12.8 Å². The van der Waals surface area contributed by atoms with Gasteiger partial charge < -0.3 is 10.1 Å². The van der Waals surface area contributed by atoms with Gasteiger partial charge in [-0.2, -0.15) is 9.78 Å². The Kier molecular flexibility index (Phi) is 5.16. The first-order chi connectivity index (χ1) is 12.6. The molecule has 0 aliphatic heterocycles. The monoisotopic (exact) mass is 355 g/mol. The maximum atomic E-state index is 12.7. The molecule has 1 aliphatic rings. The van der Waals surface area contributed by atoms with Crippen LogP contribution in [0, 0.1) is 0 Å². The molecule has 7 nitrogen and oxygen atoms in total. The Morgan fingerprint density at radius 1 is 1.08 bits per heavy atom. The molecule has 1 aliphatic carbocycles. The molecule has 1 saturated carbocycles. The number of hydrogen-bond donors (Lipinski definition) is 1. The van der Waals surface area contributed by atoms with E-state index in [-0.39, 0.29) is 11.3 Å². The van der Waals surface area contributed by atoms with Gasteiger partial charge in [0.25, 0.3) is 11.5 Å². The number of carbonyl (C=O) groups is 2. The van der Waals surface area contributed by atoms with Crippen molar-refractivity contribution in [2.24, 2.45) is 0 Å². The van der Waals surface area contributed by atoms with E-state index in [2.05, 4.69) is 10.4 Å². The normalized spacial score (nSPS) is 15.9. The number of rotatable bonds is 4. The number of ether oxygens (including phenoxy) is 1. The van der Waals surface area contributed by atoms with Crippen molar-refractivity contribution in [3.8, 4) is 5.69 Å². The van der Waals surface area contributed by atoms with Crippen molar-refractivity contribution < 1.29 is 14.3 Å². The van der Waals surface area contributed by atoms with Crippen LogP contribution in [0.25, 0.3) is 5.69 Å². The van der Waals surface area contributed by atoms with E-state index in [1.165, 1.54) is 23.9 Å². The fourth-order valence-corrected chi connectivity index (χ4v) is 3.30. The van der Waals surface area contributed by atoms with Crippen LogP contribution in [0.1, 0.15) is 42.6 Å². The van der Waals surface area contributed by atoms with Crippen molar-refractivity contribution in [3.05, 3.63) is 58.5 Å². The van der Waals surface area contributed by atoms with Gasteiger partial charge >= 0.3 is 5.97 Å². The van der Waals surface area contributed by atoms with E-state index in [0.717, 1.165) is 19.3 Å². The highest BCUT2D eigenvalue weighted by Gasteiger charge is 2.42. The van der Waals surface area contributed by atoms with Crippen molar-refractivity contribution in [1.29, 1.82) is 0 Å². The summed E-state index contributed by atoms with van der Waals surface area (Å²) in [6.07, 6.45) is 3.76. The van der Waals surface area contributed by atoms with Crippen LogP contribution in [-0.4, -0.2) is 34.3 Å². The topological polar surface area (TPSA) is 90.3 Å². The Balaban J connectivity index is 1.90. The molecule has 1 amide bonds. The van der Waals surface area contributed by atoms with Crippen molar-refractivity contribution in [2.45, 2.75) is 37.6 Å². The number of nitrogens with one attached hydrogen (secondary N) is 1. The molecule has 7 heteroatoms. The first-order valence-electron chi connectivity index (χ1n) is 8.62. The number of esters is 1. The van der Waals surface area contributed by atoms with Gasteiger partial charge in [0.1, 0.15) is 11.2 Å². The van der Waals surface area contributed by atoms with E-state index in [9.17, 15) is 14.4 Å². The summed E-state index contributed by atoms with van der Waals surface area (Å²) >= 11 is 0. The molecule has 1 fully saturated rings. The summed E-state index contributed by atoms with van der Waals surface area (Å²) in [5.74, 6) is -0.941. The van der Waals surface area contributed by atoms with Gasteiger partial charge in [-0.25, -0.2) is 4.79 Å². The van der Waals surface area contributed by atoms with Crippen LogP contribution in [0.3, 0.4) is 0 Å². The lowest BCUT2D eigenvalue weighted by Gasteiger charge is -2.35. The van der Waals surface area contributed by atoms with E-state index in [4.69, 9.17) is 4.74 Å². The standard InChI is InChI=1S/C19H21N3O4/c1-26-18(25)19(12-6-3-7-13-19)20-17(24)15-10-11-16(23)22(21-15)14-8-4-2-5-9-14/h2,4-5,8-11H,3,6-7,12-13H2,1H3,(H,20,24). The van der Waals surface area contributed by atoms with Crippen LogP contribution in [0.4, 0.5) is 0 Å². The van der Waals surface area contributed by atoms with Crippen LogP contribution in [0.2, 0.25) is 0 Å². The molecule has 0 unspecified atom stereocenters. The third kappa shape index (κ3) is 3.51. The summed E-state index contributed by atoms with van der Waals surface area (Å²) < 4.78 is 6.08. The Hall–Kier alpha value is -2.96. The van der Waals surface area contributed by atoms with Crippen LogP contribution >= 0.6 is 0 Å². The van der Waals surface area contributed by atoms with E-state index >= 15 is 0 Å². The highest BCUT2D eigenvalue weighted by molar-refractivity contribution is 5.96. The number of para-hydroxylation sites is 1. The minimum absolute atomic E-state index is 0.0716. The maximum absolute atomic E-state index is 12.7. The molecule has 0 radical (unpaired) electrons. The van der Waals surface area contributed by atoms with Crippen LogP contribution in [0.15, 0.2) is 47.3 Å². The summed E-state index contributed by atoms with van der Waals surface area (Å²) in [7, 11) is 1.32.